The van der Waals surface area contributed by atoms with Crippen LogP contribution in [0.1, 0.15) is 28.4 Å². The van der Waals surface area contributed by atoms with Crippen LogP contribution in [-0.2, 0) is 0 Å². The van der Waals surface area contributed by atoms with Crippen LogP contribution in [0, 0.1) is 0 Å². The Balaban J connectivity index is 2.20. The molecule has 0 spiro atoms. The molecule has 4 nitrogen and oxygen atoms in total. The van der Waals surface area contributed by atoms with E-state index in [0.717, 1.165) is 18.5 Å². The summed E-state index contributed by atoms with van der Waals surface area (Å²) in [6, 6.07) is 14.7. The van der Waals surface area contributed by atoms with Crippen LogP contribution in [0.2, 0.25) is 5.02 Å². The molecule has 0 aliphatic heterocycles. The number of halogens is 1. The van der Waals surface area contributed by atoms with Gasteiger partial charge in [0.1, 0.15) is 5.75 Å². The Labute approximate surface area is 148 Å². The number of para-hydroxylation sites is 1. The highest BCUT2D eigenvalue weighted by Crippen LogP contribution is 2.22. The van der Waals surface area contributed by atoms with Crippen molar-refractivity contribution in [2.24, 2.45) is 0 Å². The third-order valence-electron chi connectivity index (χ3n) is 3.79. The van der Waals surface area contributed by atoms with Gasteiger partial charge in [-0.1, -0.05) is 35.9 Å². The molecule has 128 valence electrons. The fourth-order valence-corrected chi connectivity index (χ4v) is 2.60. The van der Waals surface area contributed by atoms with Gasteiger partial charge in [0.05, 0.1) is 18.7 Å². The van der Waals surface area contributed by atoms with E-state index in [1.165, 1.54) is 0 Å². The fourth-order valence-electron chi connectivity index (χ4n) is 2.47. The van der Waals surface area contributed by atoms with Crippen molar-refractivity contribution < 1.29 is 9.53 Å². The molecule has 2 aromatic carbocycles. The van der Waals surface area contributed by atoms with Gasteiger partial charge in [-0.2, -0.15) is 0 Å². The van der Waals surface area contributed by atoms with Crippen LogP contribution in [0.15, 0.2) is 48.5 Å². The predicted octanol–water partition coefficient (Wildman–Crippen LogP) is 3.77. The molecule has 0 aliphatic rings. The summed E-state index contributed by atoms with van der Waals surface area (Å²) in [7, 11) is 5.59. The molecule has 0 fully saturated rings. The van der Waals surface area contributed by atoms with E-state index in [9.17, 15) is 4.79 Å². The fraction of sp³-hybridized carbons (Fsp3) is 0.316. The summed E-state index contributed by atoms with van der Waals surface area (Å²) in [5.41, 5.74) is 1.56. The van der Waals surface area contributed by atoms with Crippen LogP contribution in [0.5, 0.6) is 5.75 Å². The van der Waals surface area contributed by atoms with Gasteiger partial charge in [-0.15, -0.1) is 0 Å². The second-order valence-corrected chi connectivity index (χ2v) is 6.31. The van der Waals surface area contributed by atoms with E-state index in [2.05, 4.69) is 10.2 Å². The van der Waals surface area contributed by atoms with Crippen LogP contribution >= 0.6 is 11.6 Å². The van der Waals surface area contributed by atoms with E-state index < -0.39 is 0 Å². The summed E-state index contributed by atoms with van der Waals surface area (Å²) in [5.74, 6) is 0.420. The van der Waals surface area contributed by atoms with Gasteiger partial charge in [0.15, 0.2) is 0 Å². The number of nitrogens with zero attached hydrogens (tertiary/aromatic N) is 1. The van der Waals surface area contributed by atoms with Gasteiger partial charge in [-0.25, -0.2) is 0 Å². The monoisotopic (exact) mass is 346 g/mol. The normalized spacial score (nSPS) is 12.0. The molecule has 2 rings (SSSR count). The number of rotatable bonds is 7. The van der Waals surface area contributed by atoms with E-state index in [4.69, 9.17) is 16.3 Å². The minimum Gasteiger partial charge on any atom is -0.496 e. The molecule has 0 aromatic heterocycles. The van der Waals surface area contributed by atoms with Gasteiger partial charge in [0, 0.05) is 5.02 Å². The Morgan fingerprint density at radius 2 is 1.83 bits per heavy atom. The first-order valence-electron chi connectivity index (χ1n) is 7.85. The molecule has 0 aliphatic carbocycles. The van der Waals surface area contributed by atoms with Gasteiger partial charge in [-0.3, -0.25) is 4.79 Å². The summed E-state index contributed by atoms with van der Waals surface area (Å²) in [6.45, 7) is 0.861. The lowest BCUT2D eigenvalue weighted by molar-refractivity contribution is 0.0929. The van der Waals surface area contributed by atoms with Gasteiger partial charge in [0.2, 0.25) is 0 Å². The second-order valence-electron chi connectivity index (χ2n) is 5.87. The van der Waals surface area contributed by atoms with Crippen molar-refractivity contribution in [3.05, 3.63) is 64.7 Å². The Bertz CT molecular complexity index is 671. The molecule has 1 amide bonds. The average molecular weight is 347 g/mol. The molecule has 1 unspecified atom stereocenters. The van der Waals surface area contributed by atoms with E-state index >= 15 is 0 Å². The number of ether oxygens (including phenoxy) is 1. The summed E-state index contributed by atoms with van der Waals surface area (Å²) < 4.78 is 5.28. The third kappa shape index (κ3) is 4.98. The predicted molar refractivity (Wildman–Crippen MR) is 97.8 cm³/mol. The minimum absolute atomic E-state index is 0.0953. The Morgan fingerprint density at radius 3 is 2.46 bits per heavy atom. The Hall–Kier alpha value is -2.04. The number of carbonyl (C=O) groups excluding carboxylic acids is 1. The average Bonchev–Trinajstić information content (AvgIpc) is 2.59. The molecule has 0 saturated carbocycles. The van der Waals surface area contributed by atoms with Crippen molar-refractivity contribution in [1.82, 2.24) is 10.2 Å². The van der Waals surface area contributed by atoms with E-state index in [1.54, 1.807) is 19.2 Å². The number of nitrogens with one attached hydrogen (secondary N) is 1. The molecular formula is C19H23ClN2O2. The molecular weight excluding hydrogens is 324 g/mol. The number of amides is 1. The van der Waals surface area contributed by atoms with Crippen molar-refractivity contribution >= 4 is 17.5 Å². The van der Waals surface area contributed by atoms with Crippen LogP contribution in [0.4, 0.5) is 0 Å². The maximum atomic E-state index is 12.7. The van der Waals surface area contributed by atoms with Gasteiger partial charge < -0.3 is 15.0 Å². The lowest BCUT2D eigenvalue weighted by Gasteiger charge is -2.22. The molecule has 0 bridgehead atoms. The van der Waals surface area contributed by atoms with Crippen LogP contribution in [-0.4, -0.2) is 38.6 Å². The quantitative estimate of drug-likeness (QED) is 0.829. The van der Waals surface area contributed by atoms with E-state index in [0.29, 0.717) is 16.3 Å². The minimum atomic E-state index is -0.147. The van der Waals surface area contributed by atoms with Gasteiger partial charge in [0.25, 0.3) is 5.91 Å². The largest absolute Gasteiger partial charge is 0.496 e. The van der Waals surface area contributed by atoms with Crippen LogP contribution in [0.3, 0.4) is 0 Å². The van der Waals surface area contributed by atoms with E-state index in [1.807, 2.05) is 50.5 Å². The summed E-state index contributed by atoms with van der Waals surface area (Å²) in [6.07, 6.45) is 0.801. The standard InChI is InChI=1S/C19H23ClN2O2/c1-22(2)13-12-17(14-8-10-15(20)11-9-14)21-19(23)16-6-4-5-7-18(16)24-3/h4-11,17H,12-13H2,1-3H3,(H,21,23). The van der Waals surface area contributed by atoms with Crippen molar-refractivity contribution in [2.45, 2.75) is 12.5 Å². The highest BCUT2D eigenvalue weighted by molar-refractivity contribution is 6.30. The number of methoxy groups -OCH3 is 1. The zero-order valence-electron chi connectivity index (χ0n) is 14.3. The van der Waals surface area contributed by atoms with Crippen molar-refractivity contribution in [3.8, 4) is 5.75 Å². The lowest BCUT2D eigenvalue weighted by atomic mass is 10.0. The zero-order valence-corrected chi connectivity index (χ0v) is 15.0. The number of carbonyl (C=O) groups is 1. The highest BCUT2D eigenvalue weighted by Gasteiger charge is 2.18. The Kier molecular flexibility index (Phi) is 6.64. The smallest absolute Gasteiger partial charge is 0.255 e. The number of hydrogen-bond donors (Lipinski definition) is 1. The van der Waals surface area contributed by atoms with Gasteiger partial charge >= 0.3 is 0 Å². The molecule has 24 heavy (non-hydrogen) atoms. The number of benzene rings is 2. The molecule has 1 atom stereocenters. The second kappa shape index (κ2) is 8.71. The molecule has 2 aromatic rings. The van der Waals surface area contributed by atoms with Crippen molar-refractivity contribution in [3.63, 3.8) is 0 Å². The highest BCUT2D eigenvalue weighted by atomic mass is 35.5. The SMILES string of the molecule is COc1ccccc1C(=O)NC(CCN(C)C)c1ccc(Cl)cc1. The number of hydrogen-bond acceptors (Lipinski definition) is 3. The molecule has 0 saturated heterocycles. The van der Waals surface area contributed by atoms with Crippen molar-refractivity contribution in [1.29, 1.82) is 0 Å². The van der Waals surface area contributed by atoms with Crippen LogP contribution in [0.25, 0.3) is 0 Å². The maximum Gasteiger partial charge on any atom is 0.255 e. The zero-order chi connectivity index (χ0) is 17.5. The van der Waals surface area contributed by atoms with Crippen molar-refractivity contribution in [2.75, 3.05) is 27.7 Å². The van der Waals surface area contributed by atoms with Gasteiger partial charge in [-0.05, 0) is 56.9 Å². The molecule has 0 radical (unpaired) electrons. The first-order valence-corrected chi connectivity index (χ1v) is 8.23. The van der Waals surface area contributed by atoms with E-state index in [-0.39, 0.29) is 11.9 Å². The summed E-state index contributed by atoms with van der Waals surface area (Å²) >= 11 is 5.97. The third-order valence-corrected chi connectivity index (χ3v) is 4.05. The first-order chi connectivity index (χ1) is 11.5. The molecule has 0 heterocycles. The molecule has 5 heteroatoms. The summed E-state index contributed by atoms with van der Waals surface area (Å²) in [5, 5.41) is 3.79. The topological polar surface area (TPSA) is 41.6 Å². The Morgan fingerprint density at radius 1 is 1.17 bits per heavy atom. The first kappa shape index (κ1) is 18.3. The summed E-state index contributed by atoms with van der Waals surface area (Å²) in [4.78, 5) is 14.8. The maximum absolute atomic E-state index is 12.7. The lowest BCUT2D eigenvalue weighted by Crippen LogP contribution is -2.31. The van der Waals surface area contributed by atoms with Crippen LogP contribution < -0.4 is 10.1 Å². The molecule has 1 N–H and O–H groups in total.